The van der Waals surface area contributed by atoms with Crippen molar-refractivity contribution in [3.05, 3.63) is 29.8 Å². The summed E-state index contributed by atoms with van der Waals surface area (Å²) >= 11 is 0. The standard InChI is InChI=1S/C18H23N3O5S/c22-16(21-11-5-1-2-6-12-21)13-26-17(23)9-10-19-18-14-7-3-4-8-15(14)27(24,25)20-18/h3-4,7-8H,1-2,5-6,9-13H2,(H,19,20). The Morgan fingerprint density at radius 1 is 1.11 bits per heavy atom. The first-order chi connectivity index (χ1) is 13.0. The van der Waals surface area contributed by atoms with Crippen molar-refractivity contribution in [2.75, 3.05) is 26.2 Å². The number of rotatable bonds is 5. The molecule has 1 N–H and O–H groups in total. The minimum absolute atomic E-state index is 0.0271. The fraction of sp³-hybridized carbons (Fsp3) is 0.500. The molecule has 0 aliphatic carbocycles. The van der Waals surface area contributed by atoms with Gasteiger partial charge in [-0.25, -0.2) is 8.42 Å². The zero-order valence-electron chi connectivity index (χ0n) is 15.0. The number of carbonyl (C=O) groups excluding carboxylic acids is 2. The number of ether oxygens (including phenoxy) is 1. The first-order valence-electron chi connectivity index (χ1n) is 9.07. The smallest absolute Gasteiger partial charge is 0.308 e. The van der Waals surface area contributed by atoms with Gasteiger partial charge in [0.25, 0.3) is 15.9 Å². The molecule has 0 atom stereocenters. The van der Waals surface area contributed by atoms with E-state index in [0.29, 0.717) is 18.7 Å². The van der Waals surface area contributed by atoms with Gasteiger partial charge in [-0.1, -0.05) is 25.0 Å². The van der Waals surface area contributed by atoms with Crippen molar-refractivity contribution < 1.29 is 22.7 Å². The summed E-state index contributed by atoms with van der Waals surface area (Å²) in [5, 5.41) is 0. The van der Waals surface area contributed by atoms with Gasteiger partial charge in [-0.05, 0) is 25.0 Å². The van der Waals surface area contributed by atoms with Crippen LogP contribution in [0.3, 0.4) is 0 Å². The number of benzene rings is 1. The largest absolute Gasteiger partial charge is 0.456 e. The summed E-state index contributed by atoms with van der Waals surface area (Å²) in [4.78, 5) is 30.0. The molecule has 1 saturated heterocycles. The average molecular weight is 393 g/mol. The van der Waals surface area contributed by atoms with Crippen LogP contribution in [0.5, 0.6) is 0 Å². The van der Waals surface area contributed by atoms with Crippen molar-refractivity contribution in [1.82, 2.24) is 9.62 Å². The molecule has 0 unspecified atom stereocenters. The van der Waals surface area contributed by atoms with Crippen LogP contribution < -0.4 is 4.72 Å². The molecule has 1 aromatic carbocycles. The number of nitrogens with one attached hydrogen (secondary N) is 1. The van der Waals surface area contributed by atoms with E-state index in [-0.39, 0.29) is 36.2 Å². The Morgan fingerprint density at radius 2 is 1.81 bits per heavy atom. The van der Waals surface area contributed by atoms with E-state index in [2.05, 4.69) is 9.71 Å². The van der Waals surface area contributed by atoms with E-state index >= 15 is 0 Å². The van der Waals surface area contributed by atoms with E-state index in [1.807, 2.05) is 0 Å². The molecule has 1 amide bonds. The molecule has 2 aliphatic rings. The SMILES string of the molecule is O=C(CCN=C1NS(=O)(=O)c2ccccc21)OCC(=O)N1CCCCCC1. The molecule has 0 bridgehead atoms. The minimum Gasteiger partial charge on any atom is -0.456 e. The Labute approximate surface area is 158 Å². The molecular weight excluding hydrogens is 370 g/mol. The Hall–Kier alpha value is -2.42. The Kier molecular flexibility index (Phi) is 6.10. The predicted molar refractivity (Wildman–Crippen MR) is 98.8 cm³/mol. The van der Waals surface area contributed by atoms with Crippen LogP contribution in [0.25, 0.3) is 0 Å². The van der Waals surface area contributed by atoms with Gasteiger partial charge in [0.15, 0.2) is 6.61 Å². The van der Waals surface area contributed by atoms with E-state index < -0.39 is 16.0 Å². The van der Waals surface area contributed by atoms with Crippen molar-refractivity contribution >= 4 is 27.7 Å². The van der Waals surface area contributed by atoms with Gasteiger partial charge in [-0.15, -0.1) is 0 Å². The monoisotopic (exact) mass is 393 g/mol. The van der Waals surface area contributed by atoms with Gasteiger partial charge in [0.1, 0.15) is 5.84 Å². The van der Waals surface area contributed by atoms with Crippen molar-refractivity contribution in [3.8, 4) is 0 Å². The number of hydrogen-bond acceptors (Lipinski definition) is 6. The number of nitrogens with zero attached hydrogens (tertiary/aromatic N) is 2. The van der Waals surface area contributed by atoms with E-state index in [9.17, 15) is 18.0 Å². The van der Waals surface area contributed by atoms with E-state index in [1.165, 1.54) is 6.07 Å². The summed E-state index contributed by atoms with van der Waals surface area (Å²) < 4.78 is 31.4. The summed E-state index contributed by atoms with van der Waals surface area (Å²) in [6.45, 7) is 1.24. The molecule has 3 rings (SSSR count). The molecule has 0 radical (unpaired) electrons. The van der Waals surface area contributed by atoms with Crippen LogP contribution in [0.2, 0.25) is 0 Å². The number of aliphatic imine (C=N–C) groups is 1. The van der Waals surface area contributed by atoms with E-state index in [0.717, 1.165) is 25.7 Å². The maximum absolute atomic E-state index is 12.1. The topological polar surface area (TPSA) is 105 Å². The van der Waals surface area contributed by atoms with Crippen molar-refractivity contribution in [1.29, 1.82) is 0 Å². The lowest BCUT2D eigenvalue weighted by atomic mass is 10.2. The number of amides is 1. The Balaban J connectivity index is 1.47. The highest BCUT2D eigenvalue weighted by Crippen LogP contribution is 2.22. The second kappa shape index (κ2) is 8.51. The molecule has 0 spiro atoms. The van der Waals surface area contributed by atoms with Gasteiger partial charge in [0.2, 0.25) is 0 Å². The van der Waals surface area contributed by atoms with Gasteiger partial charge in [-0.2, -0.15) is 0 Å². The molecule has 8 nitrogen and oxygen atoms in total. The third kappa shape index (κ3) is 4.85. The van der Waals surface area contributed by atoms with Gasteiger partial charge in [-0.3, -0.25) is 19.3 Å². The fourth-order valence-corrected chi connectivity index (χ4v) is 4.39. The van der Waals surface area contributed by atoms with Crippen LogP contribution in [0.1, 0.15) is 37.7 Å². The average Bonchev–Trinajstić information content (AvgIpc) is 2.84. The highest BCUT2D eigenvalue weighted by Gasteiger charge is 2.30. The van der Waals surface area contributed by atoms with Crippen LogP contribution in [-0.4, -0.2) is 57.3 Å². The number of esters is 1. The maximum atomic E-state index is 12.1. The van der Waals surface area contributed by atoms with Crippen molar-refractivity contribution in [2.24, 2.45) is 4.99 Å². The summed E-state index contributed by atoms with van der Waals surface area (Å²) in [5.74, 6) is -0.482. The number of sulfonamides is 1. The normalized spacial score (nSPS) is 19.9. The lowest BCUT2D eigenvalue weighted by Crippen LogP contribution is -2.35. The molecule has 0 saturated carbocycles. The molecule has 146 valence electrons. The van der Waals surface area contributed by atoms with Crippen molar-refractivity contribution in [3.63, 3.8) is 0 Å². The number of fused-ring (bicyclic) bond motifs is 1. The van der Waals surface area contributed by atoms with E-state index in [4.69, 9.17) is 4.74 Å². The molecule has 2 heterocycles. The first-order valence-corrected chi connectivity index (χ1v) is 10.6. The summed E-state index contributed by atoms with van der Waals surface area (Å²) in [7, 11) is -3.59. The third-order valence-electron chi connectivity index (χ3n) is 4.56. The van der Waals surface area contributed by atoms with Crippen LogP contribution >= 0.6 is 0 Å². The minimum atomic E-state index is -3.59. The molecule has 0 aromatic heterocycles. The number of hydrogen-bond donors (Lipinski definition) is 1. The van der Waals surface area contributed by atoms with Gasteiger partial charge in [0.05, 0.1) is 17.9 Å². The zero-order valence-corrected chi connectivity index (χ0v) is 15.8. The fourth-order valence-electron chi connectivity index (χ4n) is 3.14. The van der Waals surface area contributed by atoms with Crippen LogP contribution in [0.15, 0.2) is 34.2 Å². The highest BCUT2D eigenvalue weighted by atomic mass is 32.2. The Morgan fingerprint density at radius 3 is 2.56 bits per heavy atom. The molecule has 9 heteroatoms. The highest BCUT2D eigenvalue weighted by molar-refractivity contribution is 7.90. The summed E-state index contributed by atoms with van der Waals surface area (Å²) in [6, 6.07) is 6.52. The van der Waals surface area contributed by atoms with E-state index in [1.54, 1.807) is 23.1 Å². The molecular formula is C18H23N3O5S. The second-order valence-electron chi connectivity index (χ2n) is 6.54. The lowest BCUT2D eigenvalue weighted by molar-refractivity contribution is -0.151. The van der Waals surface area contributed by atoms with Gasteiger partial charge in [0, 0.05) is 18.7 Å². The predicted octanol–water partition coefficient (Wildman–Crippen LogP) is 1.06. The van der Waals surface area contributed by atoms with Crippen LogP contribution in [-0.2, 0) is 24.3 Å². The van der Waals surface area contributed by atoms with Crippen LogP contribution in [0, 0.1) is 0 Å². The van der Waals surface area contributed by atoms with Crippen LogP contribution in [0.4, 0.5) is 0 Å². The van der Waals surface area contributed by atoms with Crippen molar-refractivity contribution in [2.45, 2.75) is 37.0 Å². The summed E-state index contributed by atoms with van der Waals surface area (Å²) in [5.41, 5.74) is 0.488. The molecule has 1 fully saturated rings. The number of carbonyl (C=O) groups is 2. The first kappa shape index (κ1) is 19.3. The molecule has 2 aliphatic heterocycles. The zero-order chi connectivity index (χ0) is 19.3. The molecule has 27 heavy (non-hydrogen) atoms. The van der Waals surface area contributed by atoms with Gasteiger partial charge >= 0.3 is 5.97 Å². The quantitative estimate of drug-likeness (QED) is 0.753. The lowest BCUT2D eigenvalue weighted by Gasteiger charge is -2.19. The Bertz CT molecular complexity index is 842. The maximum Gasteiger partial charge on any atom is 0.308 e. The second-order valence-corrected chi connectivity index (χ2v) is 8.19. The summed E-state index contributed by atoms with van der Waals surface area (Å²) in [6.07, 6.45) is 4.18. The third-order valence-corrected chi connectivity index (χ3v) is 5.96. The molecule has 1 aromatic rings. The number of likely N-dealkylation sites (tertiary alicyclic amines) is 1. The van der Waals surface area contributed by atoms with Gasteiger partial charge < -0.3 is 9.64 Å². The number of amidine groups is 1.